The van der Waals surface area contributed by atoms with Crippen molar-refractivity contribution in [2.45, 2.75) is 51.9 Å². The number of carbonyl (C=O) groups excluding carboxylic acids is 3. The van der Waals surface area contributed by atoms with Crippen LogP contribution in [0.25, 0.3) is 0 Å². The van der Waals surface area contributed by atoms with Crippen LogP contribution in [0.1, 0.15) is 51.9 Å². The van der Waals surface area contributed by atoms with Gasteiger partial charge in [0.1, 0.15) is 0 Å². The minimum absolute atomic E-state index is 0.0216. The number of nitrogens with zero attached hydrogens (tertiary/aromatic N) is 1. The highest BCUT2D eigenvalue weighted by molar-refractivity contribution is 6.07. The minimum Gasteiger partial charge on any atom is -0.359 e. The van der Waals surface area contributed by atoms with Crippen LogP contribution < -0.4 is 5.32 Å². The van der Waals surface area contributed by atoms with Crippen LogP contribution in [0.3, 0.4) is 0 Å². The standard InChI is InChI=1S/C23H28N2O3/c1-14-3-5-15(6-4-14)16-7-10-18(11-8-16)25-22(27)19-12-9-17(21(26)24-2)13-20(19)23(25)28/h3,5,7,10,17,19-20H,4,6,8-9,11-13H2,1-2H3,(H,24,26). The first-order valence-electron chi connectivity index (χ1n) is 10.4. The average Bonchev–Trinajstić information content (AvgIpc) is 2.98. The number of imide groups is 1. The van der Waals surface area contributed by atoms with E-state index in [-0.39, 0.29) is 35.5 Å². The zero-order valence-electron chi connectivity index (χ0n) is 16.7. The van der Waals surface area contributed by atoms with Gasteiger partial charge in [-0.2, -0.15) is 0 Å². The van der Waals surface area contributed by atoms with Gasteiger partial charge in [0.25, 0.3) is 0 Å². The summed E-state index contributed by atoms with van der Waals surface area (Å²) in [5, 5.41) is 2.68. The van der Waals surface area contributed by atoms with Crippen molar-refractivity contribution in [3.8, 4) is 0 Å². The van der Waals surface area contributed by atoms with Gasteiger partial charge in [-0.15, -0.1) is 0 Å². The van der Waals surface area contributed by atoms with Crippen molar-refractivity contribution < 1.29 is 14.4 Å². The van der Waals surface area contributed by atoms with E-state index >= 15 is 0 Å². The van der Waals surface area contributed by atoms with Gasteiger partial charge in [0.2, 0.25) is 17.7 Å². The first-order valence-corrected chi connectivity index (χ1v) is 10.4. The number of fused-ring (bicyclic) bond motifs is 1. The Balaban J connectivity index is 1.52. The molecule has 0 bridgehead atoms. The van der Waals surface area contributed by atoms with Crippen molar-refractivity contribution in [2.24, 2.45) is 17.8 Å². The summed E-state index contributed by atoms with van der Waals surface area (Å²) in [5.41, 5.74) is 4.89. The van der Waals surface area contributed by atoms with Crippen LogP contribution in [-0.2, 0) is 14.4 Å². The quantitative estimate of drug-likeness (QED) is 0.763. The molecule has 0 radical (unpaired) electrons. The number of hydrogen-bond acceptors (Lipinski definition) is 3. The van der Waals surface area contributed by atoms with Crippen molar-refractivity contribution in [2.75, 3.05) is 7.05 Å². The van der Waals surface area contributed by atoms with Crippen molar-refractivity contribution in [1.82, 2.24) is 10.2 Å². The molecular weight excluding hydrogens is 352 g/mol. The molecule has 0 aromatic rings. The second-order valence-corrected chi connectivity index (χ2v) is 8.40. The normalized spacial score (nSPS) is 30.2. The summed E-state index contributed by atoms with van der Waals surface area (Å²) < 4.78 is 0. The van der Waals surface area contributed by atoms with E-state index in [9.17, 15) is 14.4 Å². The molecular formula is C23H28N2O3. The third-order valence-corrected chi connectivity index (χ3v) is 6.73. The lowest BCUT2D eigenvalue weighted by Gasteiger charge is -2.27. The maximum atomic E-state index is 13.0. The van der Waals surface area contributed by atoms with Crippen LogP contribution in [-0.4, -0.2) is 29.7 Å². The number of amides is 3. The zero-order valence-corrected chi connectivity index (χ0v) is 16.7. The van der Waals surface area contributed by atoms with E-state index in [1.807, 2.05) is 6.08 Å². The summed E-state index contributed by atoms with van der Waals surface area (Å²) in [6.45, 7) is 2.15. The molecule has 5 nitrogen and oxygen atoms in total. The number of hydrogen-bond donors (Lipinski definition) is 1. The highest BCUT2D eigenvalue weighted by atomic mass is 16.2. The summed E-state index contributed by atoms with van der Waals surface area (Å²) in [6.07, 6.45) is 13.9. The summed E-state index contributed by atoms with van der Waals surface area (Å²) in [4.78, 5) is 39.4. The maximum absolute atomic E-state index is 13.0. The van der Waals surface area contributed by atoms with E-state index in [2.05, 4.69) is 30.5 Å². The fourth-order valence-electron chi connectivity index (χ4n) is 4.99. The Morgan fingerprint density at radius 3 is 2.21 bits per heavy atom. The number of allylic oxidation sites excluding steroid dienone is 8. The molecule has 4 aliphatic rings. The van der Waals surface area contributed by atoms with Gasteiger partial charge in [-0.3, -0.25) is 19.3 Å². The SMILES string of the molecule is CNC(=O)C1CCC2C(=O)N(C3=CC=C(C4=CC=C(C)CC4)CC3)C(=O)C2C1. The van der Waals surface area contributed by atoms with Gasteiger partial charge in [0.15, 0.2) is 0 Å². The lowest BCUT2D eigenvalue weighted by molar-refractivity contribution is -0.137. The monoisotopic (exact) mass is 380 g/mol. The van der Waals surface area contributed by atoms with Crippen LogP contribution in [0.5, 0.6) is 0 Å². The second-order valence-electron chi connectivity index (χ2n) is 8.40. The lowest BCUT2D eigenvalue weighted by atomic mass is 9.75. The van der Waals surface area contributed by atoms with Crippen LogP contribution in [0.4, 0.5) is 0 Å². The van der Waals surface area contributed by atoms with Crippen molar-refractivity contribution in [3.63, 3.8) is 0 Å². The molecule has 2 fully saturated rings. The predicted octanol–water partition coefficient (Wildman–Crippen LogP) is 3.40. The van der Waals surface area contributed by atoms with Crippen molar-refractivity contribution in [3.05, 3.63) is 46.7 Å². The number of carbonyl (C=O) groups is 3. The Morgan fingerprint density at radius 1 is 0.929 bits per heavy atom. The van der Waals surface area contributed by atoms with Crippen molar-refractivity contribution in [1.29, 1.82) is 0 Å². The molecule has 148 valence electrons. The Bertz CT molecular complexity index is 846. The van der Waals surface area contributed by atoms with Gasteiger partial charge < -0.3 is 5.32 Å². The Morgan fingerprint density at radius 2 is 1.61 bits per heavy atom. The molecule has 3 atom stereocenters. The number of nitrogens with one attached hydrogen (secondary N) is 1. The molecule has 3 unspecified atom stereocenters. The Labute approximate surface area is 166 Å². The molecule has 3 amide bonds. The smallest absolute Gasteiger partial charge is 0.237 e. The van der Waals surface area contributed by atoms with E-state index in [0.717, 1.165) is 25.0 Å². The molecule has 1 heterocycles. The molecule has 28 heavy (non-hydrogen) atoms. The molecule has 3 aliphatic carbocycles. The first kappa shape index (κ1) is 18.9. The fourth-order valence-corrected chi connectivity index (χ4v) is 4.99. The lowest BCUT2D eigenvalue weighted by Crippen LogP contribution is -2.35. The topological polar surface area (TPSA) is 66.5 Å². The van der Waals surface area contributed by atoms with E-state index in [1.165, 1.54) is 21.6 Å². The van der Waals surface area contributed by atoms with Gasteiger partial charge in [-0.05, 0) is 69.1 Å². The van der Waals surface area contributed by atoms with Crippen LogP contribution >= 0.6 is 0 Å². The van der Waals surface area contributed by atoms with Gasteiger partial charge in [0, 0.05) is 18.7 Å². The first-order chi connectivity index (χ1) is 13.5. The van der Waals surface area contributed by atoms with Gasteiger partial charge >= 0.3 is 0 Å². The second kappa shape index (κ2) is 7.53. The molecule has 1 N–H and O–H groups in total. The Kier molecular flexibility index (Phi) is 5.09. The van der Waals surface area contributed by atoms with Gasteiger partial charge in [0.05, 0.1) is 11.8 Å². The minimum atomic E-state index is -0.344. The van der Waals surface area contributed by atoms with Gasteiger partial charge in [-0.25, -0.2) is 0 Å². The van der Waals surface area contributed by atoms with E-state index in [1.54, 1.807) is 7.05 Å². The molecule has 0 aromatic heterocycles. The molecule has 5 heteroatoms. The molecule has 1 aliphatic heterocycles. The van der Waals surface area contributed by atoms with E-state index < -0.39 is 0 Å². The van der Waals surface area contributed by atoms with Crippen molar-refractivity contribution >= 4 is 17.7 Å². The van der Waals surface area contributed by atoms with Gasteiger partial charge in [-0.1, -0.05) is 23.8 Å². The largest absolute Gasteiger partial charge is 0.359 e. The molecule has 0 spiro atoms. The highest BCUT2D eigenvalue weighted by Gasteiger charge is 2.51. The summed E-state index contributed by atoms with van der Waals surface area (Å²) >= 11 is 0. The Hall–Kier alpha value is -2.43. The fraction of sp³-hybridized carbons (Fsp3) is 0.522. The summed E-state index contributed by atoms with van der Waals surface area (Å²) in [5.74, 6) is -0.958. The summed E-state index contributed by atoms with van der Waals surface area (Å²) in [6, 6.07) is 0. The number of rotatable bonds is 3. The average molecular weight is 380 g/mol. The molecule has 0 aromatic carbocycles. The molecule has 1 saturated heterocycles. The third-order valence-electron chi connectivity index (χ3n) is 6.73. The molecule has 1 saturated carbocycles. The van der Waals surface area contributed by atoms with Crippen LogP contribution in [0, 0.1) is 17.8 Å². The number of likely N-dealkylation sites (tertiary alicyclic amines) is 1. The highest BCUT2D eigenvalue weighted by Crippen LogP contribution is 2.43. The van der Waals surface area contributed by atoms with Crippen LogP contribution in [0.15, 0.2) is 46.7 Å². The van der Waals surface area contributed by atoms with E-state index in [4.69, 9.17) is 0 Å². The van der Waals surface area contributed by atoms with E-state index in [0.29, 0.717) is 25.7 Å². The molecule has 4 rings (SSSR count). The zero-order chi connectivity index (χ0) is 19.8. The maximum Gasteiger partial charge on any atom is 0.237 e. The van der Waals surface area contributed by atoms with Crippen LogP contribution in [0.2, 0.25) is 0 Å². The summed E-state index contributed by atoms with van der Waals surface area (Å²) in [7, 11) is 1.62. The third kappa shape index (κ3) is 3.27. The predicted molar refractivity (Wildman–Crippen MR) is 107 cm³/mol.